The lowest BCUT2D eigenvalue weighted by Gasteiger charge is -2.38. The molecule has 33 heavy (non-hydrogen) atoms. The number of rotatable bonds is 7. The van der Waals surface area contributed by atoms with E-state index in [4.69, 9.17) is 4.74 Å². The van der Waals surface area contributed by atoms with E-state index < -0.39 is 0 Å². The number of hydrogen-bond acceptors (Lipinski definition) is 4. The number of carbonyl (C=O) groups excluding carboxylic acids is 2. The Kier molecular flexibility index (Phi) is 7.78. The van der Waals surface area contributed by atoms with E-state index in [9.17, 15) is 9.59 Å². The van der Waals surface area contributed by atoms with Crippen LogP contribution in [0.1, 0.15) is 29.5 Å². The molecule has 2 fully saturated rings. The van der Waals surface area contributed by atoms with Gasteiger partial charge in [0.25, 0.3) is 0 Å². The first-order chi connectivity index (χ1) is 16.0. The van der Waals surface area contributed by atoms with Crippen molar-refractivity contribution in [3.63, 3.8) is 0 Å². The van der Waals surface area contributed by atoms with Crippen LogP contribution in [0.3, 0.4) is 0 Å². The second-order valence-electron chi connectivity index (χ2n) is 9.35. The number of nitrogens with one attached hydrogen (secondary N) is 1. The first-order valence-corrected chi connectivity index (χ1v) is 12.0. The van der Waals surface area contributed by atoms with Crippen molar-refractivity contribution in [2.75, 3.05) is 52.5 Å². The van der Waals surface area contributed by atoms with Gasteiger partial charge in [0.15, 0.2) is 0 Å². The van der Waals surface area contributed by atoms with Crippen LogP contribution in [0.15, 0.2) is 54.6 Å². The molecule has 6 heteroatoms. The number of ether oxygens (including phenoxy) is 1. The second kappa shape index (κ2) is 10.9. The topological polar surface area (TPSA) is 61.9 Å². The molecule has 0 saturated carbocycles. The zero-order valence-corrected chi connectivity index (χ0v) is 19.6. The number of carbonyl (C=O) groups is 2. The maximum atomic E-state index is 12.7. The number of amides is 2. The maximum Gasteiger partial charge on any atom is 0.234 e. The van der Waals surface area contributed by atoms with Crippen LogP contribution < -0.4 is 5.32 Å². The van der Waals surface area contributed by atoms with Gasteiger partial charge in [0, 0.05) is 51.4 Å². The Bertz CT molecular complexity index is 915. The molecule has 2 saturated heterocycles. The molecule has 2 aliphatic rings. The number of benzene rings is 2. The molecule has 0 atom stereocenters. The third-order valence-electron chi connectivity index (χ3n) is 7.03. The molecule has 0 aromatic heterocycles. The highest BCUT2D eigenvalue weighted by molar-refractivity contribution is 5.79. The van der Waals surface area contributed by atoms with Crippen molar-refractivity contribution >= 4 is 11.8 Å². The molecule has 0 bridgehead atoms. The van der Waals surface area contributed by atoms with Crippen LogP contribution in [0, 0.1) is 6.92 Å². The summed E-state index contributed by atoms with van der Waals surface area (Å²) in [5, 5.41) is 3.19. The number of piperazine rings is 1. The Balaban J connectivity index is 1.23. The van der Waals surface area contributed by atoms with Gasteiger partial charge in [0.05, 0.1) is 13.0 Å². The number of hydrogen-bond donors (Lipinski definition) is 1. The molecular formula is C27H35N3O3. The van der Waals surface area contributed by atoms with E-state index in [1.807, 2.05) is 42.2 Å². The van der Waals surface area contributed by atoms with Crippen molar-refractivity contribution in [3.8, 4) is 0 Å². The Labute approximate surface area is 196 Å². The third kappa shape index (κ3) is 6.21. The molecule has 176 valence electrons. The normalized spacial score (nSPS) is 18.6. The quantitative estimate of drug-likeness (QED) is 0.706. The van der Waals surface area contributed by atoms with Crippen molar-refractivity contribution < 1.29 is 14.3 Å². The van der Waals surface area contributed by atoms with Crippen molar-refractivity contribution in [2.24, 2.45) is 0 Å². The molecule has 2 aromatic rings. The fraction of sp³-hybridized carbons (Fsp3) is 0.481. The molecule has 2 heterocycles. The second-order valence-corrected chi connectivity index (χ2v) is 9.35. The van der Waals surface area contributed by atoms with Gasteiger partial charge in [-0.1, -0.05) is 60.2 Å². The van der Waals surface area contributed by atoms with Crippen molar-refractivity contribution in [3.05, 3.63) is 71.3 Å². The van der Waals surface area contributed by atoms with E-state index in [1.165, 1.54) is 11.1 Å². The van der Waals surface area contributed by atoms with Crippen LogP contribution in [0.25, 0.3) is 0 Å². The summed E-state index contributed by atoms with van der Waals surface area (Å²) in [7, 11) is 0. The largest absolute Gasteiger partial charge is 0.381 e. The molecule has 2 aromatic carbocycles. The van der Waals surface area contributed by atoms with Gasteiger partial charge in [-0.05, 0) is 30.9 Å². The first kappa shape index (κ1) is 23.5. The van der Waals surface area contributed by atoms with E-state index in [0.29, 0.717) is 32.6 Å². The summed E-state index contributed by atoms with van der Waals surface area (Å²) >= 11 is 0. The molecule has 2 amide bonds. The van der Waals surface area contributed by atoms with Gasteiger partial charge in [0.2, 0.25) is 11.8 Å². The fourth-order valence-corrected chi connectivity index (χ4v) is 4.80. The van der Waals surface area contributed by atoms with Crippen molar-refractivity contribution in [2.45, 2.75) is 31.6 Å². The lowest BCUT2D eigenvalue weighted by Crippen LogP contribution is -2.52. The Morgan fingerprint density at radius 2 is 1.61 bits per heavy atom. The zero-order valence-electron chi connectivity index (χ0n) is 19.6. The molecule has 1 N–H and O–H groups in total. The summed E-state index contributed by atoms with van der Waals surface area (Å²) in [6.45, 7) is 7.30. The highest BCUT2D eigenvalue weighted by atomic mass is 16.5. The van der Waals surface area contributed by atoms with Gasteiger partial charge in [-0.2, -0.15) is 0 Å². The predicted octanol–water partition coefficient (Wildman–Crippen LogP) is 2.55. The molecule has 6 nitrogen and oxygen atoms in total. The average molecular weight is 450 g/mol. The number of nitrogens with zero attached hydrogens (tertiary/aromatic N) is 2. The van der Waals surface area contributed by atoms with E-state index in [2.05, 4.69) is 34.5 Å². The van der Waals surface area contributed by atoms with Crippen LogP contribution in [0.5, 0.6) is 0 Å². The lowest BCUT2D eigenvalue weighted by atomic mass is 9.74. The minimum atomic E-state index is -0.0593. The van der Waals surface area contributed by atoms with E-state index in [0.717, 1.165) is 44.7 Å². The lowest BCUT2D eigenvalue weighted by molar-refractivity contribution is -0.132. The van der Waals surface area contributed by atoms with E-state index in [1.54, 1.807) is 0 Å². The van der Waals surface area contributed by atoms with Crippen LogP contribution in [0.2, 0.25) is 0 Å². The van der Waals surface area contributed by atoms with Gasteiger partial charge in [-0.15, -0.1) is 0 Å². The molecule has 4 rings (SSSR count). The Morgan fingerprint density at radius 1 is 0.939 bits per heavy atom. The summed E-state index contributed by atoms with van der Waals surface area (Å²) in [5.74, 6) is 0.212. The first-order valence-electron chi connectivity index (χ1n) is 12.0. The van der Waals surface area contributed by atoms with Gasteiger partial charge in [-0.25, -0.2) is 0 Å². The third-order valence-corrected chi connectivity index (χ3v) is 7.03. The van der Waals surface area contributed by atoms with Gasteiger partial charge in [-0.3, -0.25) is 14.5 Å². The highest BCUT2D eigenvalue weighted by Crippen LogP contribution is 2.34. The number of aryl methyl sites for hydroxylation is 1. The summed E-state index contributed by atoms with van der Waals surface area (Å²) in [6, 6.07) is 18.6. The summed E-state index contributed by atoms with van der Waals surface area (Å²) < 4.78 is 5.59. The van der Waals surface area contributed by atoms with Crippen LogP contribution >= 0.6 is 0 Å². The molecule has 2 aliphatic heterocycles. The average Bonchev–Trinajstić information content (AvgIpc) is 2.86. The fourth-order valence-electron chi connectivity index (χ4n) is 4.80. The minimum Gasteiger partial charge on any atom is -0.381 e. The Hall–Kier alpha value is -2.70. The SMILES string of the molecule is Cc1ccc(CC(=O)N2CCN(CC(=O)NCC3(c4ccccc4)CCOCC3)CC2)cc1. The molecule has 0 unspecified atom stereocenters. The minimum absolute atomic E-state index is 0.0521. The van der Waals surface area contributed by atoms with E-state index in [-0.39, 0.29) is 17.2 Å². The predicted molar refractivity (Wildman–Crippen MR) is 129 cm³/mol. The van der Waals surface area contributed by atoms with Crippen LogP contribution in [-0.4, -0.2) is 74.1 Å². The molecule has 0 spiro atoms. The Morgan fingerprint density at radius 3 is 2.27 bits per heavy atom. The van der Waals surface area contributed by atoms with Gasteiger partial charge in [0.1, 0.15) is 0 Å². The molecule has 0 aliphatic carbocycles. The molecular weight excluding hydrogens is 414 g/mol. The maximum absolute atomic E-state index is 12.7. The van der Waals surface area contributed by atoms with Crippen molar-refractivity contribution in [1.82, 2.24) is 15.1 Å². The highest BCUT2D eigenvalue weighted by Gasteiger charge is 2.35. The molecule has 0 radical (unpaired) electrons. The smallest absolute Gasteiger partial charge is 0.234 e. The van der Waals surface area contributed by atoms with Gasteiger partial charge >= 0.3 is 0 Å². The summed E-state index contributed by atoms with van der Waals surface area (Å²) in [4.78, 5) is 29.5. The monoisotopic (exact) mass is 449 g/mol. The van der Waals surface area contributed by atoms with Crippen molar-refractivity contribution in [1.29, 1.82) is 0 Å². The van der Waals surface area contributed by atoms with E-state index >= 15 is 0 Å². The van der Waals surface area contributed by atoms with Crippen LogP contribution in [-0.2, 0) is 26.2 Å². The summed E-state index contributed by atoms with van der Waals surface area (Å²) in [6.07, 6.45) is 2.27. The standard InChI is InChI=1S/C27H35N3O3/c1-22-7-9-23(10-8-22)19-26(32)30-15-13-29(14-16-30)20-25(31)28-21-27(11-17-33-18-12-27)24-5-3-2-4-6-24/h2-10H,11-21H2,1H3,(H,28,31). The zero-order chi connectivity index (χ0) is 23.1. The summed E-state index contributed by atoms with van der Waals surface area (Å²) in [5.41, 5.74) is 3.46. The van der Waals surface area contributed by atoms with Crippen LogP contribution in [0.4, 0.5) is 0 Å². The van der Waals surface area contributed by atoms with Gasteiger partial charge < -0.3 is 15.0 Å².